The highest BCUT2D eigenvalue weighted by Crippen LogP contribution is 2.20. The largest absolute Gasteiger partial charge is 0.506 e. The minimum absolute atomic E-state index is 0.0171. The number of phenols is 1. The van der Waals surface area contributed by atoms with Crippen molar-refractivity contribution < 1.29 is 14.9 Å². The molecule has 0 spiro atoms. The van der Waals surface area contributed by atoms with Crippen LogP contribution < -0.4 is 0 Å². The smallest absolute Gasteiger partial charge is 0.304 e. The first kappa shape index (κ1) is 17.7. The van der Waals surface area contributed by atoms with E-state index in [2.05, 4.69) is 16.6 Å². The summed E-state index contributed by atoms with van der Waals surface area (Å²) in [5, 5.41) is 19.2. The molecular weight excluding hydrogens is 327 g/mol. The van der Waals surface area contributed by atoms with Gasteiger partial charge in [-0.15, -0.1) is 6.58 Å². The number of ether oxygens (including phenoxy) is 1. The van der Waals surface area contributed by atoms with Gasteiger partial charge in [0, 0.05) is 17.1 Å². The van der Waals surface area contributed by atoms with Gasteiger partial charge in [-0.1, -0.05) is 35.8 Å². The number of aromatic nitrogens is 1. The summed E-state index contributed by atoms with van der Waals surface area (Å²) in [6, 6.07) is 16.8. The number of phenolic OH excluding ortho intramolecular Hbond substituents is 1. The molecule has 1 aromatic heterocycles. The Morgan fingerprint density at radius 1 is 1.08 bits per heavy atom. The number of hydrogen-bond acceptors (Lipinski definition) is 5. The van der Waals surface area contributed by atoms with E-state index in [4.69, 9.17) is 9.76 Å². The standard InChI is InChI=1S/C11H12BNO2.C9H7NO/c1-8(12-14)9-2-4-10(5-3-9)11-13-6-7-15-11;11-8-5-1-3-7-4-2-6-10-9(7)8/h2-5,12,14H,1,6-7H2;1-6,11H. The van der Waals surface area contributed by atoms with Crippen molar-refractivity contribution in [3.05, 3.63) is 78.5 Å². The fourth-order valence-electron chi connectivity index (χ4n) is 2.54. The second kappa shape index (κ2) is 8.31. The fourth-order valence-corrected chi connectivity index (χ4v) is 2.54. The van der Waals surface area contributed by atoms with Crippen LogP contribution in [0.15, 0.2) is 72.4 Å². The summed E-state index contributed by atoms with van der Waals surface area (Å²) in [6.07, 6.45) is 1.67. The summed E-state index contributed by atoms with van der Waals surface area (Å²) in [7, 11) is -0.0171. The van der Waals surface area contributed by atoms with Crippen molar-refractivity contribution in [1.29, 1.82) is 0 Å². The molecule has 1 aliphatic rings. The van der Waals surface area contributed by atoms with Crippen LogP contribution in [-0.2, 0) is 4.74 Å². The fraction of sp³-hybridized carbons (Fsp3) is 0.100. The van der Waals surface area contributed by atoms with E-state index in [-0.39, 0.29) is 13.2 Å². The Hall–Kier alpha value is -3.12. The van der Waals surface area contributed by atoms with Crippen molar-refractivity contribution in [2.75, 3.05) is 13.2 Å². The summed E-state index contributed by atoms with van der Waals surface area (Å²) in [5.41, 5.74) is 3.30. The molecular formula is C20H19BN2O3. The number of rotatable bonds is 3. The highest BCUT2D eigenvalue weighted by Gasteiger charge is 2.10. The first-order valence-corrected chi connectivity index (χ1v) is 8.28. The molecule has 0 amide bonds. The van der Waals surface area contributed by atoms with Crippen molar-refractivity contribution in [3.63, 3.8) is 0 Å². The Labute approximate surface area is 152 Å². The molecule has 0 bridgehead atoms. The zero-order valence-corrected chi connectivity index (χ0v) is 14.3. The maximum atomic E-state index is 9.31. The number of benzene rings is 2. The molecule has 3 aromatic rings. The summed E-state index contributed by atoms with van der Waals surface area (Å²) in [4.78, 5) is 8.25. The predicted molar refractivity (Wildman–Crippen MR) is 106 cm³/mol. The van der Waals surface area contributed by atoms with Gasteiger partial charge in [-0.2, -0.15) is 0 Å². The first-order chi connectivity index (χ1) is 12.7. The van der Waals surface area contributed by atoms with Gasteiger partial charge in [0.25, 0.3) is 0 Å². The molecule has 0 fully saturated rings. The molecule has 2 N–H and O–H groups in total. The van der Waals surface area contributed by atoms with Crippen molar-refractivity contribution in [2.24, 2.45) is 4.99 Å². The summed E-state index contributed by atoms with van der Waals surface area (Å²) in [5.74, 6) is 0.944. The number of hydrogen-bond donors (Lipinski definition) is 2. The van der Waals surface area contributed by atoms with Crippen molar-refractivity contribution in [1.82, 2.24) is 4.98 Å². The number of fused-ring (bicyclic) bond motifs is 1. The second-order valence-electron chi connectivity index (χ2n) is 5.73. The van der Waals surface area contributed by atoms with E-state index in [1.54, 1.807) is 18.3 Å². The van der Waals surface area contributed by atoms with Crippen molar-refractivity contribution >= 4 is 29.8 Å². The third-order valence-corrected chi connectivity index (χ3v) is 3.93. The molecule has 0 unspecified atom stereocenters. The number of nitrogens with zero attached hydrogens (tertiary/aromatic N) is 2. The first-order valence-electron chi connectivity index (χ1n) is 8.28. The van der Waals surface area contributed by atoms with Crippen molar-refractivity contribution in [3.8, 4) is 5.75 Å². The van der Waals surface area contributed by atoms with Gasteiger partial charge in [0.1, 0.15) is 17.9 Å². The molecule has 0 saturated carbocycles. The van der Waals surface area contributed by atoms with Crippen molar-refractivity contribution in [2.45, 2.75) is 0 Å². The van der Waals surface area contributed by atoms with Gasteiger partial charge in [0.2, 0.25) is 5.90 Å². The minimum Gasteiger partial charge on any atom is -0.506 e. The highest BCUT2D eigenvalue weighted by molar-refractivity contribution is 6.53. The Kier molecular flexibility index (Phi) is 5.66. The Morgan fingerprint density at radius 3 is 2.50 bits per heavy atom. The zero-order chi connectivity index (χ0) is 18.4. The summed E-state index contributed by atoms with van der Waals surface area (Å²) >= 11 is 0. The topological polar surface area (TPSA) is 74.9 Å². The molecule has 0 radical (unpaired) electrons. The van der Waals surface area contributed by atoms with Crippen LogP contribution in [0.1, 0.15) is 11.1 Å². The molecule has 6 heteroatoms. The third kappa shape index (κ3) is 4.10. The predicted octanol–water partition coefficient (Wildman–Crippen LogP) is 2.72. The number of pyridine rings is 1. The molecule has 2 heterocycles. The Balaban J connectivity index is 0.000000158. The van der Waals surface area contributed by atoms with E-state index in [1.807, 2.05) is 42.5 Å². The number of aliphatic imine (C=N–C) groups is 1. The van der Waals surface area contributed by atoms with E-state index in [1.165, 1.54) is 0 Å². The molecule has 1 aliphatic heterocycles. The van der Waals surface area contributed by atoms with E-state index in [0.29, 0.717) is 18.0 Å². The van der Waals surface area contributed by atoms with Crippen LogP contribution >= 0.6 is 0 Å². The maximum absolute atomic E-state index is 9.31. The molecule has 0 aliphatic carbocycles. The summed E-state index contributed by atoms with van der Waals surface area (Å²) < 4.78 is 5.34. The highest BCUT2D eigenvalue weighted by atomic mass is 16.5. The maximum Gasteiger partial charge on any atom is 0.304 e. The van der Waals surface area contributed by atoms with Crippen LogP contribution in [0.3, 0.4) is 0 Å². The minimum atomic E-state index is -0.0171. The third-order valence-electron chi connectivity index (χ3n) is 3.93. The average Bonchev–Trinajstić information content (AvgIpc) is 3.23. The normalized spacial score (nSPS) is 12.6. The monoisotopic (exact) mass is 346 g/mol. The molecule has 130 valence electrons. The van der Waals surface area contributed by atoms with Crippen LogP contribution in [0.25, 0.3) is 16.4 Å². The lowest BCUT2D eigenvalue weighted by Gasteiger charge is -2.04. The van der Waals surface area contributed by atoms with Gasteiger partial charge in [-0.05, 0) is 29.8 Å². The number of aromatic hydroxyl groups is 1. The van der Waals surface area contributed by atoms with Crippen LogP contribution in [0.2, 0.25) is 0 Å². The van der Waals surface area contributed by atoms with Crippen LogP contribution in [-0.4, -0.2) is 41.6 Å². The van der Waals surface area contributed by atoms with Gasteiger partial charge >= 0.3 is 7.48 Å². The lowest BCUT2D eigenvalue weighted by Crippen LogP contribution is -2.01. The molecule has 4 rings (SSSR count). The van der Waals surface area contributed by atoms with Crippen LogP contribution in [0, 0.1) is 0 Å². The summed E-state index contributed by atoms with van der Waals surface area (Å²) in [6.45, 7) is 5.16. The second-order valence-corrected chi connectivity index (χ2v) is 5.73. The van der Waals surface area contributed by atoms with E-state index >= 15 is 0 Å². The van der Waals surface area contributed by atoms with E-state index in [0.717, 1.165) is 28.5 Å². The van der Waals surface area contributed by atoms with Gasteiger partial charge < -0.3 is 14.9 Å². The lowest BCUT2D eigenvalue weighted by atomic mass is 9.84. The molecule has 5 nitrogen and oxygen atoms in total. The van der Waals surface area contributed by atoms with Gasteiger partial charge in [0.15, 0.2) is 0 Å². The Bertz CT molecular complexity index is 934. The molecule has 26 heavy (non-hydrogen) atoms. The quantitative estimate of drug-likeness (QED) is 0.715. The van der Waals surface area contributed by atoms with E-state index in [9.17, 15) is 5.11 Å². The average molecular weight is 346 g/mol. The van der Waals surface area contributed by atoms with Gasteiger partial charge in [-0.25, -0.2) is 4.99 Å². The molecule has 0 atom stereocenters. The van der Waals surface area contributed by atoms with E-state index < -0.39 is 0 Å². The molecule has 2 aromatic carbocycles. The Morgan fingerprint density at radius 2 is 1.85 bits per heavy atom. The van der Waals surface area contributed by atoms with Crippen LogP contribution in [0.4, 0.5) is 0 Å². The van der Waals surface area contributed by atoms with Crippen LogP contribution in [0.5, 0.6) is 5.75 Å². The molecule has 0 saturated heterocycles. The SMILES string of the molecule is C=C(BO)c1ccc(C2=NCCO2)cc1.Oc1cccc2cccnc12. The lowest BCUT2D eigenvalue weighted by molar-refractivity contribution is 0.348. The van der Waals surface area contributed by atoms with Gasteiger partial charge in [-0.3, -0.25) is 4.98 Å². The zero-order valence-electron chi connectivity index (χ0n) is 14.3. The van der Waals surface area contributed by atoms with Gasteiger partial charge in [0.05, 0.1) is 6.54 Å². The number of para-hydroxylation sites is 1.